The number of para-hydroxylation sites is 1. The van der Waals surface area contributed by atoms with Gasteiger partial charge in [0.25, 0.3) is 5.91 Å². The van der Waals surface area contributed by atoms with Crippen LogP contribution in [0.2, 0.25) is 0 Å². The molecule has 0 saturated heterocycles. The molecule has 1 amide bonds. The van der Waals surface area contributed by atoms with Crippen molar-refractivity contribution in [2.75, 3.05) is 17.2 Å². The highest BCUT2D eigenvalue weighted by Gasteiger charge is 2.13. The third-order valence-electron chi connectivity index (χ3n) is 3.51. The Morgan fingerprint density at radius 3 is 2.33 bits per heavy atom. The van der Waals surface area contributed by atoms with Gasteiger partial charge in [-0.25, -0.2) is 0 Å². The van der Waals surface area contributed by atoms with Gasteiger partial charge in [0.15, 0.2) is 0 Å². The van der Waals surface area contributed by atoms with Crippen LogP contribution in [0, 0.1) is 20.8 Å². The van der Waals surface area contributed by atoms with Gasteiger partial charge in [0, 0.05) is 17.9 Å². The molecule has 0 aliphatic carbocycles. The van der Waals surface area contributed by atoms with Gasteiger partial charge in [0.2, 0.25) is 0 Å². The van der Waals surface area contributed by atoms with E-state index >= 15 is 0 Å². The largest absolute Gasteiger partial charge is 0.385 e. The molecule has 0 radical (unpaired) electrons. The van der Waals surface area contributed by atoms with E-state index in [1.165, 1.54) is 0 Å². The van der Waals surface area contributed by atoms with Gasteiger partial charge in [0.05, 0.1) is 5.56 Å². The molecule has 0 spiro atoms. The van der Waals surface area contributed by atoms with Gasteiger partial charge in [-0.1, -0.05) is 24.3 Å². The molecule has 0 atom stereocenters. The lowest BCUT2D eigenvalue weighted by atomic mass is 10.1. The Labute approximate surface area is 126 Å². The maximum absolute atomic E-state index is 12.6. The first-order valence-corrected chi connectivity index (χ1v) is 7.25. The topological polar surface area (TPSA) is 41.1 Å². The minimum atomic E-state index is -0.0802. The minimum Gasteiger partial charge on any atom is -0.385 e. The van der Waals surface area contributed by atoms with E-state index in [1.807, 2.05) is 64.1 Å². The fourth-order valence-electron chi connectivity index (χ4n) is 2.39. The molecule has 21 heavy (non-hydrogen) atoms. The first kappa shape index (κ1) is 15.1. The molecule has 0 aromatic heterocycles. The molecule has 0 bridgehead atoms. The number of carbonyl (C=O) groups is 1. The fourth-order valence-corrected chi connectivity index (χ4v) is 2.39. The lowest BCUT2D eigenvalue weighted by Crippen LogP contribution is -2.16. The van der Waals surface area contributed by atoms with E-state index in [-0.39, 0.29) is 5.91 Å². The van der Waals surface area contributed by atoms with Crippen molar-refractivity contribution in [3.8, 4) is 0 Å². The SMILES string of the molecule is CCNc1cc(C)ccc1C(=O)Nc1c(C)cccc1C. The molecule has 3 nitrogen and oxygen atoms in total. The second-order valence-electron chi connectivity index (χ2n) is 5.30. The molecule has 0 heterocycles. The zero-order chi connectivity index (χ0) is 15.4. The summed E-state index contributed by atoms with van der Waals surface area (Å²) in [5.74, 6) is -0.0802. The van der Waals surface area contributed by atoms with Gasteiger partial charge in [-0.05, 0) is 56.5 Å². The fraction of sp³-hybridized carbons (Fsp3) is 0.278. The second kappa shape index (κ2) is 6.44. The maximum atomic E-state index is 12.6. The number of nitrogens with one attached hydrogen (secondary N) is 2. The van der Waals surface area contributed by atoms with Crippen molar-refractivity contribution in [2.45, 2.75) is 27.7 Å². The highest BCUT2D eigenvalue weighted by atomic mass is 16.1. The van der Waals surface area contributed by atoms with E-state index in [0.29, 0.717) is 5.56 Å². The molecule has 3 heteroatoms. The summed E-state index contributed by atoms with van der Waals surface area (Å²) in [4.78, 5) is 12.6. The number of anilines is 2. The molecule has 2 aromatic carbocycles. The quantitative estimate of drug-likeness (QED) is 0.878. The summed E-state index contributed by atoms with van der Waals surface area (Å²) in [7, 11) is 0. The molecule has 2 N–H and O–H groups in total. The van der Waals surface area contributed by atoms with Gasteiger partial charge in [-0.15, -0.1) is 0 Å². The monoisotopic (exact) mass is 282 g/mol. The molecule has 0 saturated carbocycles. The molecule has 0 aliphatic rings. The van der Waals surface area contributed by atoms with E-state index < -0.39 is 0 Å². The van der Waals surface area contributed by atoms with Crippen molar-refractivity contribution < 1.29 is 4.79 Å². The minimum absolute atomic E-state index is 0.0802. The van der Waals surface area contributed by atoms with Crippen LogP contribution in [-0.2, 0) is 0 Å². The zero-order valence-corrected chi connectivity index (χ0v) is 13.1. The normalized spacial score (nSPS) is 10.3. The van der Waals surface area contributed by atoms with Gasteiger partial charge >= 0.3 is 0 Å². The average molecular weight is 282 g/mol. The Morgan fingerprint density at radius 2 is 1.71 bits per heavy atom. The predicted molar refractivity (Wildman–Crippen MR) is 89.2 cm³/mol. The number of rotatable bonds is 4. The number of hydrogen-bond donors (Lipinski definition) is 2. The van der Waals surface area contributed by atoms with Crippen LogP contribution >= 0.6 is 0 Å². The van der Waals surface area contributed by atoms with Crippen molar-refractivity contribution in [1.82, 2.24) is 0 Å². The van der Waals surface area contributed by atoms with E-state index in [9.17, 15) is 4.79 Å². The summed E-state index contributed by atoms with van der Waals surface area (Å²) in [5.41, 5.74) is 5.72. The number of carbonyl (C=O) groups excluding carboxylic acids is 1. The van der Waals surface area contributed by atoms with Crippen molar-refractivity contribution >= 4 is 17.3 Å². The van der Waals surface area contributed by atoms with Gasteiger partial charge < -0.3 is 10.6 Å². The van der Waals surface area contributed by atoms with Crippen molar-refractivity contribution in [3.05, 3.63) is 58.7 Å². The van der Waals surface area contributed by atoms with E-state index in [0.717, 1.165) is 34.6 Å². The van der Waals surface area contributed by atoms with Gasteiger partial charge in [0.1, 0.15) is 0 Å². The summed E-state index contributed by atoms with van der Waals surface area (Å²) >= 11 is 0. The lowest BCUT2D eigenvalue weighted by molar-refractivity contribution is 0.102. The van der Waals surface area contributed by atoms with Crippen LogP contribution in [0.4, 0.5) is 11.4 Å². The molecular weight excluding hydrogens is 260 g/mol. The number of hydrogen-bond acceptors (Lipinski definition) is 2. The van der Waals surface area contributed by atoms with Gasteiger partial charge in [-0.2, -0.15) is 0 Å². The molecule has 0 unspecified atom stereocenters. The Morgan fingerprint density at radius 1 is 1.05 bits per heavy atom. The predicted octanol–water partition coefficient (Wildman–Crippen LogP) is 4.30. The maximum Gasteiger partial charge on any atom is 0.257 e. The van der Waals surface area contributed by atoms with Crippen molar-refractivity contribution in [3.63, 3.8) is 0 Å². The summed E-state index contributed by atoms with van der Waals surface area (Å²) in [6.07, 6.45) is 0. The molecule has 2 rings (SSSR count). The third kappa shape index (κ3) is 3.43. The van der Waals surface area contributed by atoms with E-state index in [4.69, 9.17) is 0 Å². The molecule has 2 aromatic rings. The van der Waals surface area contributed by atoms with Crippen LogP contribution < -0.4 is 10.6 Å². The highest BCUT2D eigenvalue weighted by molar-refractivity contribution is 6.08. The van der Waals surface area contributed by atoms with E-state index in [2.05, 4.69) is 10.6 Å². The first-order chi connectivity index (χ1) is 10.0. The zero-order valence-electron chi connectivity index (χ0n) is 13.1. The third-order valence-corrected chi connectivity index (χ3v) is 3.51. The van der Waals surface area contributed by atoms with Crippen molar-refractivity contribution in [1.29, 1.82) is 0 Å². The summed E-state index contributed by atoms with van der Waals surface area (Å²) in [6, 6.07) is 11.8. The smallest absolute Gasteiger partial charge is 0.257 e. The summed E-state index contributed by atoms with van der Waals surface area (Å²) in [6.45, 7) is 8.84. The Kier molecular flexibility index (Phi) is 4.63. The van der Waals surface area contributed by atoms with Crippen LogP contribution in [-0.4, -0.2) is 12.5 Å². The highest BCUT2D eigenvalue weighted by Crippen LogP contribution is 2.23. The van der Waals surface area contributed by atoms with Gasteiger partial charge in [-0.3, -0.25) is 4.79 Å². The van der Waals surface area contributed by atoms with Crippen LogP contribution in [0.3, 0.4) is 0 Å². The number of benzene rings is 2. The second-order valence-corrected chi connectivity index (χ2v) is 5.30. The standard InChI is InChI=1S/C18H22N2O/c1-5-19-16-11-12(2)9-10-15(16)18(21)20-17-13(3)7-6-8-14(17)4/h6-11,19H,5H2,1-4H3,(H,20,21). The summed E-state index contributed by atoms with van der Waals surface area (Å²) < 4.78 is 0. The average Bonchev–Trinajstić information content (AvgIpc) is 2.43. The summed E-state index contributed by atoms with van der Waals surface area (Å²) in [5, 5.41) is 6.29. The molecule has 0 fully saturated rings. The molecule has 110 valence electrons. The Hall–Kier alpha value is -2.29. The van der Waals surface area contributed by atoms with Crippen LogP contribution in [0.1, 0.15) is 34.0 Å². The number of amides is 1. The van der Waals surface area contributed by atoms with Crippen molar-refractivity contribution in [2.24, 2.45) is 0 Å². The Balaban J connectivity index is 2.32. The molecular formula is C18H22N2O. The van der Waals surface area contributed by atoms with Crippen LogP contribution in [0.5, 0.6) is 0 Å². The lowest BCUT2D eigenvalue weighted by Gasteiger charge is -2.14. The van der Waals surface area contributed by atoms with Crippen LogP contribution in [0.25, 0.3) is 0 Å². The van der Waals surface area contributed by atoms with E-state index in [1.54, 1.807) is 0 Å². The first-order valence-electron chi connectivity index (χ1n) is 7.25. The Bertz CT molecular complexity index is 642. The van der Waals surface area contributed by atoms with Crippen LogP contribution in [0.15, 0.2) is 36.4 Å². The number of aryl methyl sites for hydroxylation is 3. The molecule has 0 aliphatic heterocycles.